The van der Waals surface area contributed by atoms with Gasteiger partial charge in [-0.2, -0.15) is 0 Å². The van der Waals surface area contributed by atoms with Gasteiger partial charge in [-0.25, -0.2) is 13.1 Å². The number of nitrogens with one attached hydrogen (secondary N) is 2. The molecule has 0 spiro atoms. The lowest BCUT2D eigenvalue weighted by Gasteiger charge is -2.30. The van der Waals surface area contributed by atoms with E-state index in [-0.39, 0.29) is 11.3 Å². The van der Waals surface area contributed by atoms with Crippen LogP contribution in [0.2, 0.25) is 0 Å². The molecule has 1 aromatic rings. The topological polar surface area (TPSA) is 79.9 Å². The van der Waals surface area contributed by atoms with Gasteiger partial charge < -0.3 is 19.7 Å². The van der Waals surface area contributed by atoms with Crippen LogP contribution in [0.3, 0.4) is 0 Å². The number of rotatable bonds is 15. The molecule has 0 amide bonds. The highest BCUT2D eigenvalue weighted by Gasteiger charge is 2.26. The molecule has 0 bridgehead atoms. The second-order valence-corrected chi connectivity index (χ2v) is 11.0. The Hall–Kier alpha value is -1.35. The van der Waals surface area contributed by atoms with Gasteiger partial charge in [0, 0.05) is 50.3 Å². The van der Waals surface area contributed by atoms with Gasteiger partial charge in [0.1, 0.15) is 0 Å². The van der Waals surface area contributed by atoms with E-state index >= 15 is 0 Å². The van der Waals surface area contributed by atoms with E-state index in [1.807, 2.05) is 13.8 Å². The molecule has 2 N–H and O–H groups in total. The standard InChI is InChI=1S/C24H43N3O4S/c1-5-30-17-15-27(16-18-31-6-2)24-13-11-22(12-14-24)25-19-21-7-9-23(10-8-21)26-32(28,29)20(3)4/h11-14,20-21,23,25-26H,5-10,15-19H2,1-4H3. The van der Waals surface area contributed by atoms with Crippen molar-refractivity contribution < 1.29 is 17.9 Å². The Morgan fingerprint density at radius 3 is 2.03 bits per heavy atom. The maximum absolute atomic E-state index is 12.1. The Kier molecular flexibility index (Phi) is 11.8. The molecule has 0 unspecified atom stereocenters. The number of sulfonamides is 1. The average Bonchev–Trinajstić information content (AvgIpc) is 2.78. The highest BCUT2D eigenvalue weighted by Crippen LogP contribution is 2.26. The summed E-state index contributed by atoms with van der Waals surface area (Å²) in [7, 11) is -3.18. The Labute approximate surface area is 195 Å². The molecular weight excluding hydrogens is 426 g/mol. The lowest BCUT2D eigenvalue weighted by atomic mass is 9.86. The van der Waals surface area contributed by atoms with Crippen molar-refractivity contribution in [2.75, 3.05) is 56.3 Å². The highest BCUT2D eigenvalue weighted by molar-refractivity contribution is 7.90. The van der Waals surface area contributed by atoms with Gasteiger partial charge in [-0.05, 0) is 83.6 Å². The van der Waals surface area contributed by atoms with Crippen LogP contribution in [0.25, 0.3) is 0 Å². The molecule has 0 atom stereocenters. The van der Waals surface area contributed by atoms with Gasteiger partial charge in [-0.3, -0.25) is 0 Å². The van der Waals surface area contributed by atoms with Crippen LogP contribution in [0.1, 0.15) is 53.4 Å². The summed E-state index contributed by atoms with van der Waals surface area (Å²) >= 11 is 0. The van der Waals surface area contributed by atoms with Gasteiger partial charge in [0.15, 0.2) is 0 Å². The fourth-order valence-corrected chi connectivity index (χ4v) is 4.89. The fraction of sp³-hybridized carbons (Fsp3) is 0.750. The molecule has 1 saturated carbocycles. The second-order valence-electron chi connectivity index (χ2n) is 8.74. The molecule has 7 nitrogen and oxygen atoms in total. The van der Waals surface area contributed by atoms with Crippen LogP contribution >= 0.6 is 0 Å². The first kappa shape index (κ1) is 26.9. The summed E-state index contributed by atoms with van der Waals surface area (Å²) < 4.78 is 38.1. The third kappa shape index (κ3) is 9.25. The number of ether oxygens (including phenoxy) is 2. The smallest absolute Gasteiger partial charge is 0.214 e. The van der Waals surface area contributed by atoms with Crippen molar-refractivity contribution in [3.63, 3.8) is 0 Å². The van der Waals surface area contributed by atoms with Crippen molar-refractivity contribution in [1.29, 1.82) is 0 Å². The lowest BCUT2D eigenvalue weighted by Crippen LogP contribution is -2.41. The predicted octanol–water partition coefficient (Wildman–Crippen LogP) is 3.86. The Morgan fingerprint density at radius 1 is 0.969 bits per heavy atom. The molecule has 1 fully saturated rings. The first-order valence-electron chi connectivity index (χ1n) is 12.1. The van der Waals surface area contributed by atoms with Crippen molar-refractivity contribution in [2.24, 2.45) is 5.92 Å². The van der Waals surface area contributed by atoms with Crippen molar-refractivity contribution in [3.8, 4) is 0 Å². The summed E-state index contributed by atoms with van der Waals surface area (Å²) in [5.41, 5.74) is 2.29. The molecule has 0 radical (unpaired) electrons. The predicted molar refractivity (Wildman–Crippen MR) is 133 cm³/mol. The summed E-state index contributed by atoms with van der Waals surface area (Å²) in [5.74, 6) is 0.573. The third-order valence-electron chi connectivity index (χ3n) is 6.04. The summed E-state index contributed by atoms with van der Waals surface area (Å²) in [6, 6.07) is 8.64. The van der Waals surface area contributed by atoms with Crippen LogP contribution in [-0.2, 0) is 19.5 Å². The molecule has 0 aromatic heterocycles. The Morgan fingerprint density at radius 2 is 1.53 bits per heavy atom. The van der Waals surface area contributed by atoms with E-state index in [9.17, 15) is 8.42 Å². The molecule has 8 heteroatoms. The summed E-state index contributed by atoms with van der Waals surface area (Å²) in [4.78, 5) is 2.30. The first-order chi connectivity index (χ1) is 15.4. The number of hydrogen-bond acceptors (Lipinski definition) is 6. The van der Waals surface area contributed by atoms with E-state index in [4.69, 9.17) is 9.47 Å². The molecule has 184 valence electrons. The van der Waals surface area contributed by atoms with Gasteiger partial charge in [-0.15, -0.1) is 0 Å². The van der Waals surface area contributed by atoms with Crippen LogP contribution in [0.4, 0.5) is 11.4 Å². The van der Waals surface area contributed by atoms with Crippen molar-refractivity contribution in [3.05, 3.63) is 24.3 Å². The van der Waals surface area contributed by atoms with Gasteiger partial charge >= 0.3 is 0 Å². The maximum atomic E-state index is 12.1. The summed E-state index contributed by atoms with van der Waals surface area (Å²) in [5, 5.41) is 3.18. The van der Waals surface area contributed by atoms with Crippen LogP contribution in [0.15, 0.2) is 24.3 Å². The van der Waals surface area contributed by atoms with Crippen LogP contribution in [0, 0.1) is 5.92 Å². The second kappa shape index (κ2) is 14.0. The molecular formula is C24H43N3O4S. The highest BCUT2D eigenvalue weighted by atomic mass is 32.2. The number of benzene rings is 1. The molecule has 1 aliphatic rings. The summed E-state index contributed by atoms with van der Waals surface area (Å²) in [6.45, 7) is 13.0. The maximum Gasteiger partial charge on any atom is 0.214 e. The zero-order valence-electron chi connectivity index (χ0n) is 20.3. The van der Waals surface area contributed by atoms with Gasteiger partial charge in [-0.1, -0.05) is 0 Å². The van der Waals surface area contributed by atoms with Gasteiger partial charge in [0.25, 0.3) is 0 Å². The van der Waals surface area contributed by atoms with E-state index in [1.165, 1.54) is 5.69 Å². The molecule has 0 saturated heterocycles. The average molecular weight is 470 g/mol. The van der Waals surface area contributed by atoms with E-state index in [0.717, 1.165) is 64.2 Å². The van der Waals surface area contributed by atoms with Gasteiger partial charge in [0.05, 0.1) is 18.5 Å². The minimum Gasteiger partial charge on any atom is -0.385 e. The molecule has 1 aliphatic carbocycles. The van der Waals surface area contributed by atoms with Crippen molar-refractivity contribution in [1.82, 2.24) is 4.72 Å². The van der Waals surface area contributed by atoms with Gasteiger partial charge in [0.2, 0.25) is 10.0 Å². The van der Waals surface area contributed by atoms with Crippen molar-refractivity contribution >= 4 is 21.4 Å². The zero-order chi connectivity index (χ0) is 23.4. The zero-order valence-corrected chi connectivity index (χ0v) is 21.1. The minimum absolute atomic E-state index is 0.0808. The lowest BCUT2D eigenvalue weighted by molar-refractivity contribution is 0.141. The fourth-order valence-electron chi connectivity index (χ4n) is 3.91. The van der Waals surface area contributed by atoms with E-state index < -0.39 is 10.0 Å². The number of hydrogen-bond donors (Lipinski definition) is 2. The quantitative estimate of drug-likeness (QED) is 0.380. The van der Waals surface area contributed by atoms with Crippen molar-refractivity contribution in [2.45, 2.75) is 64.7 Å². The molecule has 0 heterocycles. The largest absolute Gasteiger partial charge is 0.385 e. The minimum atomic E-state index is -3.18. The van der Waals surface area contributed by atoms with Crippen LogP contribution in [-0.4, -0.2) is 65.8 Å². The Bertz CT molecular complexity index is 722. The Balaban J connectivity index is 1.79. The molecule has 32 heavy (non-hydrogen) atoms. The van der Waals surface area contributed by atoms with Crippen LogP contribution < -0.4 is 14.9 Å². The molecule has 1 aromatic carbocycles. The normalized spacial score (nSPS) is 19.3. The van der Waals surface area contributed by atoms with Crippen LogP contribution in [0.5, 0.6) is 0 Å². The van der Waals surface area contributed by atoms with E-state index in [2.05, 4.69) is 39.2 Å². The molecule has 0 aliphatic heterocycles. The monoisotopic (exact) mass is 469 g/mol. The third-order valence-corrected chi connectivity index (χ3v) is 7.95. The SMILES string of the molecule is CCOCCN(CCOCC)c1ccc(NCC2CCC(NS(=O)(=O)C(C)C)CC2)cc1. The van der Waals surface area contributed by atoms with E-state index in [1.54, 1.807) is 13.8 Å². The summed E-state index contributed by atoms with van der Waals surface area (Å²) in [6.07, 6.45) is 3.90. The first-order valence-corrected chi connectivity index (χ1v) is 13.7. The number of anilines is 2. The molecule has 2 rings (SSSR count). The number of nitrogens with zero attached hydrogens (tertiary/aromatic N) is 1. The van der Waals surface area contributed by atoms with E-state index in [0.29, 0.717) is 19.1 Å².